The lowest BCUT2D eigenvalue weighted by Gasteiger charge is -2.12. The predicted octanol–water partition coefficient (Wildman–Crippen LogP) is 7.27. The maximum Gasteiger partial charge on any atom is 0.348 e. The molecule has 0 aliphatic carbocycles. The Kier molecular flexibility index (Phi) is 13.6. The van der Waals surface area contributed by atoms with Crippen molar-refractivity contribution in [2.45, 2.75) is 42.2 Å². The summed E-state index contributed by atoms with van der Waals surface area (Å²) in [6.07, 6.45) is -0.420. The van der Waals surface area contributed by atoms with Crippen LogP contribution in [-0.2, 0) is 73.6 Å². The van der Waals surface area contributed by atoms with E-state index in [2.05, 4.69) is 35.4 Å². The number of fused-ring (bicyclic) bond motifs is 4. The zero-order chi connectivity index (χ0) is 55.8. The summed E-state index contributed by atoms with van der Waals surface area (Å²) in [6, 6.07) is 22.8. The van der Waals surface area contributed by atoms with Crippen LogP contribution >= 0.6 is 0 Å². The number of aromatic amines is 1. The second-order valence-corrected chi connectivity index (χ2v) is 25.0. The highest BCUT2D eigenvalue weighted by Gasteiger charge is 2.24. The Morgan fingerprint density at radius 3 is 1.19 bits per heavy atom. The smallest absolute Gasteiger partial charge is 0.294 e. The van der Waals surface area contributed by atoms with E-state index < -0.39 is 95.8 Å². The van der Waals surface area contributed by atoms with Crippen LogP contribution in [-0.4, -0.2) is 92.8 Å². The van der Waals surface area contributed by atoms with E-state index in [9.17, 15) is 82.6 Å². The van der Waals surface area contributed by atoms with Gasteiger partial charge in [0.15, 0.2) is 0 Å². The highest BCUT2D eigenvalue weighted by molar-refractivity contribution is 7.87. The van der Waals surface area contributed by atoms with Crippen molar-refractivity contribution in [3.05, 3.63) is 155 Å². The van der Waals surface area contributed by atoms with Crippen LogP contribution in [0.3, 0.4) is 0 Å². The molecule has 1 heterocycles. The van der Waals surface area contributed by atoms with Crippen molar-refractivity contribution in [1.29, 1.82) is 0 Å². The van der Waals surface area contributed by atoms with E-state index in [1.807, 2.05) is 0 Å². The summed E-state index contributed by atoms with van der Waals surface area (Å²) < 4.78 is 207. The van der Waals surface area contributed by atoms with Crippen LogP contribution in [0.5, 0.6) is 0 Å². The first kappa shape index (κ1) is 54.1. The van der Waals surface area contributed by atoms with Crippen LogP contribution in [0.2, 0.25) is 0 Å². The normalized spacial score (nSPS) is 13.2. The van der Waals surface area contributed by atoms with Gasteiger partial charge in [0.05, 0.1) is 32.5 Å². The summed E-state index contributed by atoms with van der Waals surface area (Å²) in [6.45, 7) is 0. The van der Waals surface area contributed by atoms with Gasteiger partial charge in [-0.2, -0.15) is 65.7 Å². The first-order valence-electron chi connectivity index (χ1n) is 21.2. The first-order chi connectivity index (χ1) is 35.8. The summed E-state index contributed by atoms with van der Waals surface area (Å²) >= 11 is 0. The summed E-state index contributed by atoms with van der Waals surface area (Å²) in [5.41, 5.74) is -1.07. The minimum atomic E-state index is -5.04. The summed E-state index contributed by atoms with van der Waals surface area (Å²) in [5, 5.41) is 15.6. The van der Waals surface area contributed by atoms with E-state index in [1.54, 1.807) is 0 Å². The maximum atomic E-state index is 13.1. The van der Waals surface area contributed by atoms with Crippen molar-refractivity contribution < 1.29 is 77.8 Å². The monoisotopic (exact) mass is 1160 g/mol. The van der Waals surface area contributed by atoms with Gasteiger partial charge in [0, 0.05) is 45.2 Å². The highest BCUT2D eigenvalue weighted by Crippen LogP contribution is 2.39. The maximum absolute atomic E-state index is 13.1. The average Bonchev–Trinajstić information content (AvgIpc) is 3.33. The second-order valence-electron chi connectivity index (χ2n) is 16.6. The Bertz CT molecular complexity index is 4600. The summed E-state index contributed by atoms with van der Waals surface area (Å²) in [7, 11) is -29.7. The average molecular weight is 1170 g/mol. The molecule has 0 aliphatic heterocycles. The van der Waals surface area contributed by atoms with Crippen LogP contribution in [0.15, 0.2) is 176 Å². The number of hydrogen-bond acceptors (Lipinski definition) is 19. The molecule has 0 amide bonds. The SMILES string of the molecule is O=c1nc(Cc2ccc(N=Nc3cc(S(=O)(=O)O)c4cccc(S(=O)(=O)O)c4c3)c3cc(S(=O)(=O)O)ccc23)nc(Cc2ccc(N=Nc3cc(S(=O)(=O)O)c4cccc(S(=O)(=O)O)c4c3)c3cc(S(=O)(=O)O)ccc23)[nH]1. The molecule has 9 aromatic rings. The molecule has 0 fully saturated rings. The molecule has 0 atom stereocenters. The fourth-order valence-electron chi connectivity index (χ4n) is 8.38. The largest absolute Gasteiger partial charge is 0.348 e. The molecular formula is C45H31N7O19S6. The van der Waals surface area contributed by atoms with Crippen molar-refractivity contribution >= 4 is 127 Å². The lowest BCUT2D eigenvalue weighted by atomic mass is 10.00. The topological polar surface area (TPSA) is 434 Å². The number of aromatic nitrogens is 3. The van der Waals surface area contributed by atoms with E-state index in [4.69, 9.17) is 0 Å². The van der Waals surface area contributed by atoms with Crippen molar-refractivity contribution in [3.8, 4) is 0 Å². The minimum Gasteiger partial charge on any atom is -0.294 e. The van der Waals surface area contributed by atoms with Gasteiger partial charge in [-0.15, -0.1) is 10.2 Å². The van der Waals surface area contributed by atoms with Crippen molar-refractivity contribution in [1.82, 2.24) is 15.0 Å². The van der Waals surface area contributed by atoms with Gasteiger partial charge >= 0.3 is 5.69 Å². The third-order valence-corrected chi connectivity index (χ3v) is 16.9. The lowest BCUT2D eigenvalue weighted by molar-refractivity contribution is 0.481. The molecule has 396 valence electrons. The molecule has 77 heavy (non-hydrogen) atoms. The molecule has 0 radical (unpaired) electrons. The van der Waals surface area contributed by atoms with Crippen LogP contribution in [0.4, 0.5) is 22.7 Å². The molecule has 0 saturated heterocycles. The summed E-state index contributed by atoms with van der Waals surface area (Å²) in [5.74, 6) is -0.0970. The molecule has 0 saturated carbocycles. The third kappa shape index (κ3) is 11.4. The Morgan fingerprint density at radius 1 is 0.377 bits per heavy atom. The van der Waals surface area contributed by atoms with E-state index >= 15 is 0 Å². The molecule has 0 unspecified atom stereocenters. The molecule has 1 aromatic heterocycles. The van der Waals surface area contributed by atoms with E-state index in [0.717, 1.165) is 72.8 Å². The fraction of sp³-hybridized carbons (Fsp3) is 0.0444. The van der Waals surface area contributed by atoms with Crippen LogP contribution < -0.4 is 5.69 Å². The molecule has 8 aromatic carbocycles. The standard InChI is InChI=1S/C45H31N7O19S6/c53-45-47-43(15-23-7-13-37(33-21-27(72(54,55)56)9-11-29(23)33)51-49-25-17-35-31(41(19-25)76(66,67)68)3-1-5-39(35)74(60,61)62)46-44(48-45)16-24-8-14-38(34-22-28(73(57,58)59)10-12-30(24)34)52-50-26-18-36-32(42(20-26)77(69,70)71)4-2-6-40(36)75(63,64)65/h1-14,17-22H,15-16H2,(H,54,55,56)(H,57,58,59)(H,60,61,62)(H,63,64,65)(H,66,67,68)(H,69,70,71)(H,46,47,48,53). The van der Waals surface area contributed by atoms with Gasteiger partial charge in [-0.3, -0.25) is 32.3 Å². The van der Waals surface area contributed by atoms with Crippen molar-refractivity contribution in [2.75, 3.05) is 0 Å². The van der Waals surface area contributed by atoms with E-state index in [1.165, 1.54) is 48.5 Å². The number of benzene rings is 8. The molecule has 9 rings (SSSR count). The van der Waals surface area contributed by atoms with Gasteiger partial charge in [0.25, 0.3) is 60.7 Å². The zero-order valence-electron chi connectivity index (χ0n) is 38.1. The highest BCUT2D eigenvalue weighted by atomic mass is 32.2. The quantitative estimate of drug-likeness (QED) is 0.0415. The van der Waals surface area contributed by atoms with Crippen LogP contribution in [0.25, 0.3) is 43.1 Å². The first-order valence-corrected chi connectivity index (χ1v) is 29.9. The summed E-state index contributed by atoms with van der Waals surface area (Å²) in [4.78, 5) is 19.9. The van der Waals surface area contributed by atoms with E-state index in [0.29, 0.717) is 11.1 Å². The Labute approximate surface area is 434 Å². The van der Waals surface area contributed by atoms with Gasteiger partial charge < -0.3 is 0 Å². The van der Waals surface area contributed by atoms with Gasteiger partial charge in [-0.05, 0) is 94.7 Å². The van der Waals surface area contributed by atoms with Gasteiger partial charge in [-0.1, -0.05) is 48.5 Å². The molecule has 26 nitrogen and oxygen atoms in total. The van der Waals surface area contributed by atoms with Crippen molar-refractivity contribution in [3.63, 3.8) is 0 Å². The minimum absolute atomic E-state index is 0.00160. The number of H-pyrrole nitrogens is 1. The second kappa shape index (κ2) is 19.4. The Hall–Kier alpha value is -7.73. The molecule has 0 aliphatic rings. The molecule has 32 heteroatoms. The van der Waals surface area contributed by atoms with Gasteiger partial charge in [0.2, 0.25) is 0 Å². The number of hydrogen-bond donors (Lipinski definition) is 7. The number of azo groups is 2. The number of rotatable bonds is 14. The zero-order valence-corrected chi connectivity index (χ0v) is 43.0. The third-order valence-electron chi connectivity index (χ3n) is 11.6. The predicted molar refractivity (Wildman–Crippen MR) is 271 cm³/mol. The van der Waals surface area contributed by atoms with Crippen LogP contribution in [0, 0.1) is 0 Å². The molecule has 7 N–H and O–H groups in total. The Balaban J connectivity index is 1.09. The number of nitrogens with zero attached hydrogens (tertiary/aromatic N) is 6. The fourth-order valence-corrected chi connectivity index (χ4v) is 12.2. The van der Waals surface area contributed by atoms with Crippen LogP contribution in [0.1, 0.15) is 22.8 Å². The molecule has 0 spiro atoms. The lowest BCUT2D eigenvalue weighted by Crippen LogP contribution is -2.18. The van der Waals surface area contributed by atoms with Gasteiger partial charge in [0.1, 0.15) is 31.2 Å². The van der Waals surface area contributed by atoms with Crippen molar-refractivity contribution in [2.24, 2.45) is 20.5 Å². The van der Waals surface area contributed by atoms with E-state index in [-0.39, 0.29) is 90.3 Å². The van der Waals surface area contributed by atoms with Gasteiger partial charge in [-0.25, -0.2) is 9.78 Å². The Morgan fingerprint density at radius 2 is 0.792 bits per heavy atom. The molecule has 0 bridgehead atoms. The number of nitrogens with one attached hydrogen (secondary N) is 1. The molecular weight excluding hydrogens is 1130 g/mol.